The minimum absolute atomic E-state index is 0.141. The first kappa shape index (κ1) is 16.4. The SMILES string of the molecule is CC1CCC(NS(=O)(=O)c2ccc(CO)cc2F)CC1C. The Morgan fingerprint density at radius 1 is 1.29 bits per heavy atom. The van der Waals surface area contributed by atoms with Crippen LogP contribution in [0.2, 0.25) is 0 Å². The van der Waals surface area contributed by atoms with Crippen LogP contribution in [0.4, 0.5) is 4.39 Å². The summed E-state index contributed by atoms with van der Waals surface area (Å²) in [6, 6.07) is 3.54. The fraction of sp³-hybridized carbons (Fsp3) is 0.600. The minimum Gasteiger partial charge on any atom is -0.392 e. The number of hydrogen-bond donors (Lipinski definition) is 2. The zero-order chi connectivity index (χ0) is 15.6. The van der Waals surface area contributed by atoms with Crippen molar-refractivity contribution in [1.29, 1.82) is 0 Å². The maximum absolute atomic E-state index is 13.9. The van der Waals surface area contributed by atoms with Crippen molar-refractivity contribution >= 4 is 10.0 Å². The third-order valence-electron chi connectivity index (χ3n) is 4.39. The molecule has 1 saturated carbocycles. The summed E-state index contributed by atoms with van der Waals surface area (Å²) >= 11 is 0. The van der Waals surface area contributed by atoms with Crippen LogP contribution in [0.3, 0.4) is 0 Å². The average molecular weight is 315 g/mol. The van der Waals surface area contributed by atoms with Gasteiger partial charge in [0.25, 0.3) is 0 Å². The van der Waals surface area contributed by atoms with Crippen LogP contribution in [0.15, 0.2) is 23.1 Å². The molecule has 1 fully saturated rings. The van der Waals surface area contributed by atoms with Gasteiger partial charge in [-0.1, -0.05) is 19.9 Å². The molecule has 1 aliphatic rings. The average Bonchev–Trinajstić information content (AvgIpc) is 2.42. The number of hydrogen-bond acceptors (Lipinski definition) is 3. The van der Waals surface area contributed by atoms with Gasteiger partial charge in [0, 0.05) is 6.04 Å². The molecule has 0 heterocycles. The summed E-state index contributed by atoms with van der Waals surface area (Å²) in [5.74, 6) is 0.214. The Morgan fingerprint density at radius 3 is 2.57 bits per heavy atom. The summed E-state index contributed by atoms with van der Waals surface area (Å²) in [4.78, 5) is -0.356. The first-order chi connectivity index (χ1) is 9.83. The topological polar surface area (TPSA) is 66.4 Å². The molecule has 3 atom stereocenters. The second-order valence-electron chi connectivity index (χ2n) is 6.01. The van der Waals surface area contributed by atoms with Gasteiger partial charge in [-0.25, -0.2) is 17.5 Å². The second-order valence-corrected chi connectivity index (χ2v) is 7.69. The molecule has 1 aromatic carbocycles. The van der Waals surface area contributed by atoms with Crippen molar-refractivity contribution in [3.8, 4) is 0 Å². The lowest BCUT2D eigenvalue weighted by atomic mass is 9.79. The Kier molecular flexibility index (Phi) is 5.01. The molecule has 3 unspecified atom stereocenters. The van der Waals surface area contributed by atoms with Gasteiger partial charge in [0.2, 0.25) is 10.0 Å². The van der Waals surface area contributed by atoms with Crippen LogP contribution >= 0.6 is 0 Å². The molecule has 4 nitrogen and oxygen atoms in total. The smallest absolute Gasteiger partial charge is 0.243 e. The van der Waals surface area contributed by atoms with Crippen LogP contribution in [0.5, 0.6) is 0 Å². The monoisotopic (exact) mass is 315 g/mol. The van der Waals surface area contributed by atoms with Gasteiger partial charge < -0.3 is 5.11 Å². The summed E-state index contributed by atoms with van der Waals surface area (Å²) < 4.78 is 41.1. The number of aliphatic hydroxyl groups excluding tert-OH is 1. The summed E-state index contributed by atoms with van der Waals surface area (Å²) in [5.41, 5.74) is 0.353. The van der Waals surface area contributed by atoms with E-state index in [1.54, 1.807) is 0 Å². The highest BCUT2D eigenvalue weighted by Crippen LogP contribution is 2.30. The first-order valence-electron chi connectivity index (χ1n) is 7.25. The van der Waals surface area contributed by atoms with E-state index in [9.17, 15) is 12.8 Å². The van der Waals surface area contributed by atoms with Crippen LogP contribution < -0.4 is 4.72 Å². The molecule has 0 spiro atoms. The maximum atomic E-state index is 13.9. The molecule has 118 valence electrons. The van der Waals surface area contributed by atoms with Gasteiger partial charge in [0.15, 0.2) is 0 Å². The normalized spacial score (nSPS) is 26.8. The quantitative estimate of drug-likeness (QED) is 0.897. The Morgan fingerprint density at radius 2 is 2.00 bits per heavy atom. The molecule has 0 saturated heterocycles. The summed E-state index contributed by atoms with van der Waals surface area (Å²) in [7, 11) is -3.86. The van der Waals surface area contributed by atoms with Gasteiger partial charge in [0.05, 0.1) is 6.61 Å². The lowest BCUT2D eigenvalue weighted by molar-refractivity contribution is 0.241. The predicted octanol–water partition coefficient (Wildman–Crippen LogP) is 2.42. The zero-order valence-electron chi connectivity index (χ0n) is 12.3. The van der Waals surface area contributed by atoms with E-state index in [1.807, 2.05) is 0 Å². The lowest BCUT2D eigenvalue weighted by Crippen LogP contribution is -2.40. The number of aliphatic hydroxyl groups is 1. The van der Waals surface area contributed by atoms with E-state index in [1.165, 1.54) is 12.1 Å². The van der Waals surface area contributed by atoms with Crippen molar-refractivity contribution < 1.29 is 17.9 Å². The zero-order valence-corrected chi connectivity index (χ0v) is 13.2. The Labute approximate surface area is 125 Å². The largest absolute Gasteiger partial charge is 0.392 e. The van der Waals surface area contributed by atoms with Crippen molar-refractivity contribution in [2.45, 2.75) is 50.7 Å². The van der Waals surface area contributed by atoms with Gasteiger partial charge in [-0.05, 0) is 48.8 Å². The van der Waals surface area contributed by atoms with E-state index in [2.05, 4.69) is 18.6 Å². The van der Waals surface area contributed by atoms with Gasteiger partial charge in [-0.15, -0.1) is 0 Å². The molecule has 1 aromatic rings. The Hall–Kier alpha value is -0.980. The van der Waals surface area contributed by atoms with Gasteiger partial charge in [0.1, 0.15) is 10.7 Å². The third-order valence-corrected chi connectivity index (χ3v) is 5.94. The highest BCUT2D eigenvalue weighted by Gasteiger charge is 2.29. The molecule has 0 amide bonds. The van der Waals surface area contributed by atoms with Crippen LogP contribution in [0.1, 0.15) is 38.7 Å². The predicted molar refractivity (Wildman–Crippen MR) is 78.6 cm³/mol. The summed E-state index contributed by atoms with van der Waals surface area (Å²) in [6.45, 7) is 3.97. The molecular formula is C15H22FNO3S. The molecule has 0 radical (unpaired) electrons. The van der Waals surface area contributed by atoms with Gasteiger partial charge in [-0.3, -0.25) is 0 Å². The molecule has 2 rings (SSSR count). The molecule has 0 aliphatic heterocycles. The molecule has 21 heavy (non-hydrogen) atoms. The van der Waals surface area contributed by atoms with E-state index in [-0.39, 0.29) is 17.5 Å². The van der Waals surface area contributed by atoms with E-state index in [0.29, 0.717) is 17.4 Å². The summed E-state index contributed by atoms with van der Waals surface area (Å²) in [6.07, 6.45) is 2.53. The Balaban J connectivity index is 2.15. The van der Waals surface area contributed by atoms with Crippen LogP contribution in [-0.4, -0.2) is 19.6 Å². The molecular weight excluding hydrogens is 293 g/mol. The number of benzene rings is 1. The first-order valence-corrected chi connectivity index (χ1v) is 8.73. The molecule has 6 heteroatoms. The van der Waals surface area contributed by atoms with E-state index < -0.39 is 15.8 Å². The molecule has 0 bridgehead atoms. The van der Waals surface area contributed by atoms with E-state index in [0.717, 1.165) is 25.3 Å². The standard InChI is InChI=1S/C15H22FNO3S/c1-10-3-5-13(7-11(10)2)17-21(19,20)15-6-4-12(9-18)8-14(15)16/h4,6,8,10-11,13,17-18H,3,5,7,9H2,1-2H3. The van der Waals surface area contributed by atoms with E-state index in [4.69, 9.17) is 5.11 Å². The molecule has 0 aromatic heterocycles. The molecule has 2 N–H and O–H groups in total. The number of nitrogens with one attached hydrogen (secondary N) is 1. The van der Waals surface area contributed by atoms with Gasteiger partial charge in [-0.2, -0.15) is 0 Å². The van der Waals surface area contributed by atoms with Gasteiger partial charge >= 0.3 is 0 Å². The lowest BCUT2D eigenvalue weighted by Gasteiger charge is -2.32. The van der Waals surface area contributed by atoms with Crippen LogP contribution in [0, 0.1) is 17.7 Å². The van der Waals surface area contributed by atoms with Crippen LogP contribution in [-0.2, 0) is 16.6 Å². The Bertz CT molecular complexity index is 603. The van der Waals surface area contributed by atoms with E-state index >= 15 is 0 Å². The molecule has 1 aliphatic carbocycles. The van der Waals surface area contributed by atoms with Crippen molar-refractivity contribution in [3.05, 3.63) is 29.6 Å². The summed E-state index contributed by atoms with van der Waals surface area (Å²) in [5, 5.41) is 8.94. The number of rotatable bonds is 4. The highest BCUT2D eigenvalue weighted by molar-refractivity contribution is 7.89. The fourth-order valence-electron chi connectivity index (χ4n) is 2.80. The van der Waals surface area contributed by atoms with Crippen molar-refractivity contribution in [3.63, 3.8) is 0 Å². The van der Waals surface area contributed by atoms with Crippen molar-refractivity contribution in [1.82, 2.24) is 4.72 Å². The maximum Gasteiger partial charge on any atom is 0.243 e. The van der Waals surface area contributed by atoms with Crippen molar-refractivity contribution in [2.24, 2.45) is 11.8 Å². The van der Waals surface area contributed by atoms with Crippen molar-refractivity contribution in [2.75, 3.05) is 0 Å². The third kappa shape index (κ3) is 3.81. The number of sulfonamides is 1. The minimum atomic E-state index is -3.86. The second kappa shape index (κ2) is 6.42. The highest BCUT2D eigenvalue weighted by atomic mass is 32.2. The number of halogens is 1. The van der Waals surface area contributed by atoms with Crippen LogP contribution in [0.25, 0.3) is 0 Å². The fourth-order valence-corrected chi connectivity index (χ4v) is 4.14.